The summed E-state index contributed by atoms with van der Waals surface area (Å²) in [6.07, 6.45) is 3.56. The number of H-pyrrole nitrogens is 1. The first kappa shape index (κ1) is 8.95. The van der Waals surface area contributed by atoms with Crippen molar-refractivity contribution in [3.05, 3.63) is 29.1 Å². The van der Waals surface area contributed by atoms with Crippen LogP contribution in [0.4, 0.5) is 0 Å². The Bertz CT molecular complexity index is 467. The van der Waals surface area contributed by atoms with Crippen LogP contribution >= 0.6 is 12.2 Å². The maximum absolute atomic E-state index is 5.69. The third-order valence-electron chi connectivity index (χ3n) is 2.03. The van der Waals surface area contributed by atoms with E-state index in [1.807, 2.05) is 19.2 Å². The minimum Gasteiger partial charge on any atom is -0.335 e. The third-order valence-corrected chi connectivity index (χ3v) is 2.32. The quantitative estimate of drug-likeness (QED) is 0.557. The summed E-state index contributed by atoms with van der Waals surface area (Å²) >= 11 is 4.91. The fourth-order valence-electron chi connectivity index (χ4n) is 1.24. The van der Waals surface area contributed by atoms with Crippen molar-refractivity contribution in [3.63, 3.8) is 0 Å². The van der Waals surface area contributed by atoms with Crippen molar-refractivity contribution in [3.8, 4) is 0 Å². The number of hydrogen-bond acceptors (Lipinski definition) is 4. The van der Waals surface area contributed by atoms with E-state index in [1.54, 1.807) is 10.9 Å². The summed E-state index contributed by atoms with van der Waals surface area (Å²) in [5, 5.41) is 10.8. The summed E-state index contributed by atoms with van der Waals surface area (Å²) in [6.45, 7) is 1.95. The zero-order valence-corrected chi connectivity index (χ0v) is 8.40. The predicted octanol–water partition coefficient (Wildman–Crippen LogP) is 0.460. The van der Waals surface area contributed by atoms with Gasteiger partial charge in [-0.05, 0) is 25.2 Å². The summed E-state index contributed by atoms with van der Waals surface area (Å²) in [4.78, 5) is 0. The van der Waals surface area contributed by atoms with Gasteiger partial charge < -0.3 is 5.84 Å². The van der Waals surface area contributed by atoms with Gasteiger partial charge in [-0.3, -0.25) is 9.78 Å². The average Bonchev–Trinajstić information content (AvgIpc) is 2.77. The Kier molecular flexibility index (Phi) is 2.08. The van der Waals surface area contributed by atoms with Crippen molar-refractivity contribution in [1.29, 1.82) is 0 Å². The molecular weight excluding hydrogens is 200 g/mol. The number of nitrogen functional groups attached to an aromatic ring is 1. The van der Waals surface area contributed by atoms with Crippen molar-refractivity contribution in [2.75, 3.05) is 5.84 Å². The van der Waals surface area contributed by atoms with Crippen LogP contribution in [0.3, 0.4) is 0 Å². The maximum atomic E-state index is 5.69. The Balaban J connectivity index is 2.41. The first-order valence-electron chi connectivity index (χ1n) is 4.11. The van der Waals surface area contributed by atoms with E-state index in [1.165, 1.54) is 4.68 Å². The van der Waals surface area contributed by atoms with Gasteiger partial charge in [-0.2, -0.15) is 10.2 Å². The molecule has 6 nitrogen and oxygen atoms in total. The summed E-state index contributed by atoms with van der Waals surface area (Å²) in [6, 6.07) is 1.81. The Morgan fingerprint density at radius 1 is 1.64 bits per heavy atom. The number of hydrogen-bond donors (Lipinski definition) is 2. The van der Waals surface area contributed by atoms with Crippen molar-refractivity contribution in [2.45, 2.75) is 13.0 Å². The smallest absolute Gasteiger partial charge is 0.214 e. The molecule has 74 valence electrons. The van der Waals surface area contributed by atoms with E-state index in [0.717, 1.165) is 0 Å². The molecule has 7 heteroatoms. The molecular formula is C7H10N6S. The van der Waals surface area contributed by atoms with Crippen LogP contribution < -0.4 is 5.84 Å². The van der Waals surface area contributed by atoms with Crippen LogP contribution in [0.1, 0.15) is 18.8 Å². The highest BCUT2D eigenvalue weighted by Gasteiger charge is 2.14. The van der Waals surface area contributed by atoms with E-state index in [4.69, 9.17) is 18.1 Å². The van der Waals surface area contributed by atoms with Crippen LogP contribution in [0.25, 0.3) is 0 Å². The van der Waals surface area contributed by atoms with Gasteiger partial charge in [-0.25, -0.2) is 4.68 Å². The van der Waals surface area contributed by atoms with Crippen LogP contribution in [-0.2, 0) is 0 Å². The van der Waals surface area contributed by atoms with Gasteiger partial charge in [0.25, 0.3) is 0 Å². The molecule has 0 aliphatic carbocycles. The van der Waals surface area contributed by atoms with E-state index < -0.39 is 0 Å². The van der Waals surface area contributed by atoms with Gasteiger partial charge in [-0.1, -0.05) is 0 Å². The largest absolute Gasteiger partial charge is 0.335 e. The lowest BCUT2D eigenvalue weighted by molar-refractivity contribution is 0.524. The Labute approximate surface area is 85.3 Å². The average molecular weight is 210 g/mol. The topological polar surface area (TPSA) is 77.5 Å². The summed E-state index contributed by atoms with van der Waals surface area (Å²) < 4.78 is 3.51. The predicted molar refractivity (Wildman–Crippen MR) is 53.6 cm³/mol. The van der Waals surface area contributed by atoms with Gasteiger partial charge in [0.1, 0.15) is 6.04 Å². The standard InChI is InChI=1S/C7H10N6S/c1-5(12-4-2-3-9-12)6-10-11-7(14)13(6)8/h2-5H,8H2,1H3,(H,11,14). The highest BCUT2D eigenvalue weighted by atomic mass is 32.1. The summed E-state index contributed by atoms with van der Waals surface area (Å²) in [7, 11) is 0. The molecule has 0 fully saturated rings. The molecule has 0 radical (unpaired) electrons. The Morgan fingerprint density at radius 2 is 2.43 bits per heavy atom. The number of nitrogens with two attached hydrogens (primary N) is 1. The maximum Gasteiger partial charge on any atom is 0.214 e. The summed E-state index contributed by atoms with van der Waals surface area (Å²) in [5.74, 6) is 6.34. The molecule has 0 amide bonds. The van der Waals surface area contributed by atoms with Crippen molar-refractivity contribution in [1.82, 2.24) is 24.7 Å². The monoisotopic (exact) mass is 210 g/mol. The SMILES string of the molecule is CC(c1n[nH]c(=S)n1N)n1cccn1. The molecule has 0 aromatic carbocycles. The van der Waals surface area contributed by atoms with Crippen LogP contribution in [-0.4, -0.2) is 24.7 Å². The van der Waals surface area contributed by atoms with Crippen LogP contribution in [0.2, 0.25) is 0 Å². The molecule has 0 aliphatic rings. The molecule has 1 unspecified atom stereocenters. The molecule has 1 atom stereocenters. The molecule has 2 rings (SSSR count). The highest BCUT2D eigenvalue weighted by molar-refractivity contribution is 7.71. The second-order valence-corrected chi connectivity index (χ2v) is 3.31. The first-order chi connectivity index (χ1) is 6.70. The van der Waals surface area contributed by atoms with E-state index >= 15 is 0 Å². The molecule has 2 aromatic heterocycles. The second-order valence-electron chi connectivity index (χ2n) is 2.92. The first-order valence-corrected chi connectivity index (χ1v) is 4.52. The molecule has 3 N–H and O–H groups in total. The van der Waals surface area contributed by atoms with Crippen molar-refractivity contribution in [2.24, 2.45) is 0 Å². The van der Waals surface area contributed by atoms with Crippen LogP contribution in [0, 0.1) is 4.77 Å². The number of nitrogens with one attached hydrogen (secondary N) is 1. The van der Waals surface area contributed by atoms with E-state index in [-0.39, 0.29) is 6.04 Å². The van der Waals surface area contributed by atoms with Gasteiger partial charge in [0.05, 0.1) is 0 Å². The molecule has 14 heavy (non-hydrogen) atoms. The molecule has 2 heterocycles. The number of aromatic amines is 1. The fraction of sp³-hybridized carbons (Fsp3) is 0.286. The van der Waals surface area contributed by atoms with E-state index in [9.17, 15) is 0 Å². The molecule has 0 saturated carbocycles. The van der Waals surface area contributed by atoms with Crippen molar-refractivity contribution >= 4 is 12.2 Å². The van der Waals surface area contributed by atoms with Gasteiger partial charge in [0.15, 0.2) is 5.82 Å². The molecule has 0 saturated heterocycles. The molecule has 0 aliphatic heterocycles. The lowest BCUT2D eigenvalue weighted by atomic mass is 10.3. The lowest BCUT2D eigenvalue weighted by Gasteiger charge is -2.10. The summed E-state index contributed by atoms with van der Waals surface area (Å²) in [5.41, 5.74) is 0. The second kappa shape index (κ2) is 3.26. The minimum absolute atomic E-state index is 0.0389. The zero-order chi connectivity index (χ0) is 10.1. The van der Waals surface area contributed by atoms with Gasteiger partial charge in [-0.15, -0.1) is 0 Å². The van der Waals surface area contributed by atoms with Crippen LogP contribution in [0.15, 0.2) is 18.5 Å². The van der Waals surface area contributed by atoms with Gasteiger partial charge >= 0.3 is 0 Å². The molecule has 0 bridgehead atoms. The van der Waals surface area contributed by atoms with Crippen LogP contribution in [0.5, 0.6) is 0 Å². The molecule has 0 spiro atoms. The number of rotatable bonds is 2. The van der Waals surface area contributed by atoms with E-state index in [2.05, 4.69) is 15.3 Å². The third kappa shape index (κ3) is 1.31. The zero-order valence-electron chi connectivity index (χ0n) is 7.58. The van der Waals surface area contributed by atoms with E-state index in [0.29, 0.717) is 10.6 Å². The molecule has 2 aromatic rings. The normalized spacial score (nSPS) is 12.9. The Morgan fingerprint density at radius 3 is 2.93 bits per heavy atom. The number of aromatic nitrogens is 5. The number of nitrogens with zero attached hydrogens (tertiary/aromatic N) is 4. The lowest BCUT2D eigenvalue weighted by Crippen LogP contribution is -2.19. The van der Waals surface area contributed by atoms with Gasteiger partial charge in [0, 0.05) is 12.4 Å². The van der Waals surface area contributed by atoms with Gasteiger partial charge in [0.2, 0.25) is 4.77 Å². The minimum atomic E-state index is -0.0389. The fourth-order valence-corrected chi connectivity index (χ4v) is 1.38. The Hall–Kier alpha value is -1.63. The highest BCUT2D eigenvalue weighted by Crippen LogP contribution is 2.11. The van der Waals surface area contributed by atoms with Crippen molar-refractivity contribution < 1.29 is 0 Å².